The fraction of sp³-hybridized carbons (Fsp3) is 0.222. The summed E-state index contributed by atoms with van der Waals surface area (Å²) >= 11 is 3.49. The smallest absolute Gasteiger partial charge is 0.123 e. The minimum absolute atomic E-state index is 0.440. The summed E-state index contributed by atoms with van der Waals surface area (Å²) < 4.78 is 2.89. The van der Waals surface area contributed by atoms with Crippen molar-refractivity contribution in [3.05, 3.63) is 28.8 Å². The molecule has 0 amide bonds. The van der Waals surface area contributed by atoms with Gasteiger partial charge in [-0.1, -0.05) is 0 Å². The first-order valence-corrected chi connectivity index (χ1v) is 5.08. The number of hydrogen-bond acceptors (Lipinski definition) is 2. The highest BCUT2D eigenvalue weighted by molar-refractivity contribution is 9.10. The molecule has 2 heterocycles. The number of hydrogen-bond donors (Lipinski definition) is 2. The minimum Gasteiger partial charge on any atom is -0.360 e. The Morgan fingerprint density at radius 1 is 1.64 bits per heavy atom. The molecular formula is C9H11BrN4. The molecule has 74 valence electrons. The molecule has 0 radical (unpaired) electrons. The van der Waals surface area contributed by atoms with Crippen LogP contribution in [0, 0.1) is 0 Å². The van der Waals surface area contributed by atoms with Crippen LogP contribution in [0.15, 0.2) is 22.9 Å². The Morgan fingerprint density at radius 3 is 2.93 bits per heavy atom. The predicted molar refractivity (Wildman–Crippen MR) is 58.6 cm³/mol. The van der Waals surface area contributed by atoms with Gasteiger partial charge in [0.25, 0.3) is 0 Å². The molecule has 3 N–H and O–H groups in total. The van der Waals surface area contributed by atoms with Crippen LogP contribution in [-0.4, -0.2) is 14.5 Å². The lowest BCUT2D eigenvalue weighted by Gasteiger charge is -1.97. The van der Waals surface area contributed by atoms with Crippen LogP contribution >= 0.6 is 15.9 Å². The molecule has 2 rings (SSSR count). The second-order valence-corrected chi connectivity index (χ2v) is 3.77. The lowest BCUT2D eigenvalue weighted by molar-refractivity contribution is 0.781. The first-order valence-electron chi connectivity index (χ1n) is 4.29. The third-order valence-electron chi connectivity index (χ3n) is 2.15. The van der Waals surface area contributed by atoms with Gasteiger partial charge in [-0.2, -0.15) is 0 Å². The van der Waals surface area contributed by atoms with Gasteiger partial charge in [0.05, 0.1) is 12.2 Å². The largest absolute Gasteiger partial charge is 0.360 e. The molecule has 0 aliphatic heterocycles. The summed E-state index contributed by atoms with van der Waals surface area (Å²) in [4.78, 5) is 7.54. The second-order valence-electron chi connectivity index (χ2n) is 3.01. The fourth-order valence-corrected chi connectivity index (χ4v) is 1.86. The van der Waals surface area contributed by atoms with Crippen molar-refractivity contribution in [3.63, 3.8) is 0 Å². The minimum atomic E-state index is 0.440. The SMILES string of the molecule is Cn1c(CN)nc(-c2ccc[nH]2)c1Br. The zero-order valence-corrected chi connectivity index (χ0v) is 9.37. The average molecular weight is 255 g/mol. The summed E-state index contributed by atoms with van der Waals surface area (Å²) in [6.07, 6.45) is 1.87. The number of nitrogens with zero attached hydrogens (tertiary/aromatic N) is 2. The lowest BCUT2D eigenvalue weighted by Crippen LogP contribution is -2.04. The molecule has 0 aromatic carbocycles. The Morgan fingerprint density at radius 2 is 2.43 bits per heavy atom. The van der Waals surface area contributed by atoms with Gasteiger partial charge in [-0.15, -0.1) is 0 Å². The predicted octanol–water partition coefficient (Wildman–Crippen LogP) is 1.64. The summed E-state index contributed by atoms with van der Waals surface area (Å²) in [6, 6.07) is 3.92. The van der Waals surface area contributed by atoms with E-state index in [1.165, 1.54) is 0 Å². The average Bonchev–Trinajstić information content (AvgIpc) is 2.78. The highest BCUT2D eigenvalue weighted by atomic mass is 79.9. The van der Waals surface area contributed by atoms with Crippen molar-refractivity contribution in [1.29, 1.82) is 0 Å². The topological polar surface area (TPSA) is 59.6 Å². The molecule has 0 aliphatic rings. The van der Waals surface area contributed by atoms with Crippen LogP contribution in [0.2, 0.25) is 0 Å². The lowest BCUT2D eigenvalue weighted by atomic mass is 10.3. The highest BCUT2D eigenvalue weighted by Crippen LogP contribution is 2.26. The van der Waals surface area contributed by atoms with Crippen LogP contribution in [0.25, 0.3) is 11.4 Å². The van der Waals surface area contributed by atoms with E-state index in [0.29, 0.717) is 6.54 Å². The van der Waals surface area contributed by atoms with E-state index in [9.17, 15) is 0 Å². The van der Waals surface area contributed by atoms with E-state index in [0.717, 1.165) is 21.8 Å². The number of aromatic nitrogens is 3. The Balaban J connectivity index is 2.55. The number of imidazole rings is 1. The summed E-state index contributed by atoms with van der Waals surface area (Å²) in [5.41, 5.74) is 7.47. The van der Waals surface area contributed by atoms with E-state index in [-0.39, 0.29) is 0 Å². The quantitative estimate of drug-likeness (QED) is 0.856. The van der Waals surface area contributed by atoms with Crippen molar-refractivity contribution in [2.24, 2.45) is 12.8 Å². The van der Waals surface area contributed by atoms with E-state index in [1.807, 2.05) is 29.9 Å². The number of H-pyrrole nitrogens is 1. The number of nitrogens with two attached hydrogens (primary N) is 1. The Kier molecular flexibility index (Phi) is 2.43. The van der Waals surface area contributed by atoms with E-state index in [2.05, 4.69) is 25.9 Å². The molecule has 4 nitrogen and oxygen atoms in total. The van der Waals surface area contributed by atoms with Gasteiger partial charge in [0, 0.05) is 13.2 Å². The molecule has 0 spiro atoms. The molecule has 0 aliphatic carbocycles. The van der Waals surface area contributed by atoms with Crippen LogP contribution in [0.1, 0.15) is 5.82 Å². The first kappa shape index (κ1) is 9.48. The van der Waals surface area contributed by atoms with Crippen LogP contribution in [0.3, 0.4) is 0 Å². The third-order valence-corrected chi connectivity index (χ3v) is 3.06. The molecular weight excluding hydrogens is 244 g/mol. The van der Waals surface area contributed by atoms with Crippen LogP contribution in [-0.2, 0) is 13.6 Å². The first-order chi connectivity index (χ1) is 6.74. The van der Waals surface area contributed by atoms with Crippen LogP contribution < -0.4 is 5.73 Å². The Bertz CT molecular complexity index is 430. The normalized spacial score (nSPS) is 10.8. The van der Waals surface area contributed by atoms with Crippen LogP contribution in [0.4, 0.5) is 0 Å². The molecule has 5 heteroatoms. The molecule has 0 bridgehead atoms. The van der Waals surface area contributed by atoms with Crippen LogP contribution in [0.5, 0.6) is 0 Å². The maximum Gasteiger partial charge on any atom is 0.123 e. The van der Waals surface area contributed by atoms with E-state index in [4.69, 9.17) is 5.73 Å². The Hall–Kier alpha value is -1.07. The van der Waals surface area contributed by atoms with Crippen molar-refractivity contribution in [2.75, 3.05) is 0 Å². The Labute approximate surface area is 90.3 Å². The molecule has 0 fully saturated rings. The van der Waals surface area contributed by atoms with Gasteiger partial charge in [-0.3, -0.25) is 0 Å². The van der Waals surface area contributed by atoms with Gasteiger partial charge in [-0.25, -0.2) is 4.98 Å². The van der Waals surface area contributed by atoms with Crippen molar-refractivity contribution in [1.82, 2.24) is 14.5 Å². The number of rotatable bonds is 2. The molecule has 2 aromatic heterocycles. The highest BCUT2D eigenvalue weighted by Gasteiger charge is 2.13. The monoisotopic (exact) mass is 254 g/mol. The molecule has 2 aromatic rings. The molecule has 0 unspecified atom stereocenters. The number of nitrogens with one attached hydrogen (secondary N) is 1. The van der Waals surface area contributed by atoms with E-state index >= 15 is 0 Å². The van der Waals surface area contributed by atoms with Gasteiger partial charge in [-0.05, 0) is 28.1 Å². The zero-order chi connectivity index (χ0) is 10.1. The summed E-state index contributed by atoms with van der Waals surface area (Å²) in [7, 11) is 1.94. The number of aromatic amines is 1. The van der Waals surface area contributed by atoms with E-state index in [1.54, 1.807) is 0 Å². The summed E-state index contributed by atoms with van der Waals surface area (Å²) in [5.74, 6) is 0.862. The zero-order valence-electron chi connectivity index (χ0n) is 7.79. The van der Waals surface area contributed by atoms with Gasteiger partial charge < -0.3 is 15.3 Å². The molecule has 0 saturated heterocycles. The van der Waals surface area contributed by atoms with E-state index < -0.39 is 0 Å². The summed E-state index contributed by atoms with van der Waals surface area (Å²) in [6.45, 7) is 0.440. The van der Waals surface area contributed by atoms with Crippen molar-refractivity contribution < 1.29 is 0 Å². The van der Waals surface area contributed by atoms with Gasteiger partial charge in [0.1, 0.15) is 16.1 Å². The molecule has 14 heavy (non-hydrogen) atoms. The maximum absolute atomic E-state index is 5.57. The fourth-order valence-electron chi connectivity index (χ4n) is 1.35. The molecule has 0 atom stereocenters. The standard InChI is InChI=1S/C9H11BrN4/c1-14-7(5-11)13-8(9(14)10)6-3-2-4-12-6/h2-4,12H,5,11H2,1H3. The van der Waals surface area contributed by atoms with Crippen molar-refractivity contribution >= 4 is 15.9 Å². The maximum atomic E-state index is 5.57. The van der Waals surface area contributed by atoms with Gasteiger partial charge in [0.2, 0.25) is 0 Å². The summed E-state index contributed by atoms with van der Waals surface area (Å²) in [5, 5.41) is 0. The molecule has 0 saturated carbocycles. The van der Waals surface area contributed by atoms with Crippen molar-refractivity contribution in [2.45, 2.75) is 6.54 Å². The van der Waals surface area contributed by atoms with Gasteiger partial charge in [0.15, 0.2) is 0 Å². The van der Waals surface area contributed by atoms with Gasteiger partial charge >= 0.3 is 0 Å². The third kappa shape index (κ3) is 1.38. The second kappa shape index (κ2) is 3.59. The number of halogens is 1. The van der Waals surface area contributed by atoms with Crippen molar-refractivity contribution in [3.8, 4) is 11.4 Å².